The Balaban J connectivity index is 1.76. The maximum atomic E-state index is 11.8. The molecule has 0 saturated heterocycles. The molecule has 0 aliphatic carbocycles. The third-order valence-electron chi connectivity index (χ3n) is 5.71. The van der Waals surface area contributed by atoms with Crippen molar-refractivity contribution in [3.8, 4) is 17.2 Å². The van der Waals surface area contributed by atoms with Crippen LogP contribution in [0.25, 0.3) is 0 Å². The number of ether oxygens (including phenoxy) is 3. The second-order valence-corrected chi connectivity index (χ2v) is 7.20. The zero-order valence-corrected chi connectivity index (χ0v) is 16.6. The van der Waals surface area contributed by atoms with Gasteiger partial charge in [0.1, 0.15) is 11.4 Å². The number of benzene rings is 2. The predicted octanol–water partition coefficient (Wildman–Crippen LogP) is 2.97. The number of rotatable bonds is 5. The Hall–Kier alpha value is -2.73. The van der Waals surface area contributed by atoms with E-state index in [-0.39, 0.29) is 0 Å². The number of β-amino-alcohol motifs (C(OH)–C–C–N with tert-alkyl or cyclic N) is 1. The molecule has 0 amide bonds. The van der Waals surface area contributed by atoms with Crippen LogP contribution in [0.4, 0.5) is 5.69 Å². The molecule has 0 aromatic heterocycles. The smallest absolute Gasteiger partial charge is 0.271 e. The van der Waals surface area contributed by atoms with Gasteiger partial charge in [0, 0.05) is 12.0 Å². The lowest BCUT2D eigenvalue weighted by Crippen LogP contribution is -2.41. The third kappa shape index (κ3) is 2.98. The fraction of sp³-hybridized carbons (Fsp3) is 0.409. The van der Waals surface area contributed by atoms with Gasteiger partial charge in [-0.3, -0.25) is 0 Å². The minimum absolute atomic E-state index is 0.462. The Morgan fingerprint density at radius 1 is 0.929 bits per heavy atom. The van der Waals surface area contributed by atoms with E-state index in [1.165, 1.54) is 0 Å². The Bertz CT molecular complexity index is 894. The van der Waals surface area contributed by atoms with E-state index in [2.05, 4.69) is 9.48 Å². The fourth-order valence-corrected chi connectivity index (χ4v) is 4.23. The Labute approximate surface area is 165 Å². The quantitative estimate of drug-likeness (QED) is 0.805. The van der Waals surface area contributed by atoms with Crippen molar-refractivity contribution in [1.82, 2.24) is 0 Å². The molecular formula is C22H27N2O4+. The van der Waals surface area contributed by atoms with Crippen molar-refractivity contribution in [1.29, 1.82) is 0 Å². The van der Waals surface area contributed by atoms with Crippen LogP contribution in [0, 0.1) is 0 Å². The molecule has 0 bridgehead atoms. The average Bonchev–Trinajstić information content (AvgIpc) is 3.07. The molecule has 2 aliphatic heterocycles. The predicted molar refractivity (Wildman–Crippen MR) is 108 cm³/mol. The molecule has 0 unspecified atom stereocenters. The minimum atomic E-state index is -1.12. The van der Waals surface area contributed by atoms with E-state index in [0.29, 0.717) is 18.0 Å². The normalized spacial score (nSPS) is 21.5. The highest BCUT2D eigenvalue weighted by molar-refractivity contribution is 5.96. The zero-order chi connectivity index (χ0) is 19.7. The highest BCUT2D eigenvalue weighted by atomic mass is 16.5. The molecule has 148 valence electrons. The largest absolute Gasteiger partial charge is 0.497 e. The van der Waals surface area contributed by atoms with Crippen LogP contribution in [0.5, 0.6) is 17.2 Å². The molecule has 2 aliphatic rings. The van der Waals surface area contributed by atoms with Crippen LogP contribution in [0.2, 0.25) is 0 Å². The number of amidine groups is 1. The Kier molecular flexibility index (Phi) is 4.89. The molecule has 28 heavy (non-hydrogen) atoms. The van der Waals surface area contributed by atoms with Gasteiger partial charge in [-0.25, -0.2) is 9.48 Å². The minimum Gasteiger partial charge on any atom is -0.497 e. The highest BCUT2D eigenvalue weighted by Crippen LogP contribution is 2.39. The summed E-state index contributed by atoms with van der Waals surface area (Å²) in [4.78, 5) is 2.22. The van der Waals surface area contributed by atoms with Crippen LogP contribution in [-0.2, 0) is 5.72 Å². The molecule has 4 rings (SSSR count). The first-order chi connectivity index (χ1) is 13.6. The molecular weight excluding hydrogens is 356 g/mol. The van der Waals surface area contributed by atoms with Crippen molar-refractivity contribution in [2.45, 2.75) is 25.0 Å². The summed E-state index contributed by atoms with van der Waals surface area (Å²) in [6.45, 7) is 1.29. The van der Waals surface area contributed by atoms with E-state index in [9.17, 15) is 5.11 Å². The van der Waals surface area contributed by atoms with Gasteiger partial charge in [-0.05, 0) is 55.3 Å². The number of aliphatic hydroxyl groups is 1. The van der Waals surface area contributed by atoms with Gasteiger partial charge >= 0.3 is 0 Å². The second-order valence-electron chi connectivity index (χ2n) is 7.20. The van der Waals surface area contributed by atoms with Gasteiger partial charge in [0.25, 0.3) is 11.6 Å². The van der Waals surface area contributed by atoms with Gasteiger partial charge in [-0.15, -0.1) is 0 Å². The highest BCUT2D eigenvalue weighted by Gasteiger charge is 2.52. The van der Waals surface area contributed by atoms with Crippen molar-refractivity contribution in [3.63, 3.8) is 0 Å². The van der Waals surface area contributed by atoms with Crippen molar-refractivity contribution < 1.29 is 23.9 Å². The summed E-state index contributed by atoms with van der Waals surface area (Å²) in [6.07, 6.45) is 3.14. The van der Waals surface area contributed by atoms with Crippen molar-refractivity contribution in [2.24, 2.45) is 0 Å². The summed E-state index contributed by atoms with van der Waals surface area (Å²) in [5, 5.41) is 11.8. The number of hydrogen-bond donors (Lipinski definition) is 1. The fourth-order valence-electron chi connectivity index (χ4n) is 4.23. The van der Waals surface area contributed by atoms with Gasteiger partial charge in [-0.2, -0.15) is 0 Å². The number of methoxy groups -OCH3 is 3. The third-order valence-corrected chi connectivity index (χ3v) is 5.71. The first kappa shape index (κ1) is 18.6. The van der Waals surface area contributed by atoms with E-state index in [0.717, 1.165) is 48.6 Å². The van der Waals surface area contributed by atoms with Crippen LogP contribution in [0.3, 0.4) is 0 Å². The van der Waals surface area contributed by atoms with E-state index in [1.54, 1.807) is 21.3 Å². The van der Waals surface area contributed by atoms with Gasteiger partial charge in [-0.1, -0.05) is 0 Å². The maximum absolute atomic E-state index is 11.8. The summed E-state index contributed by atoms with van der Waals surface area (Å²) in [7, 11) is 4.89. The summed E-state index contributed by atoms with van der Waals surface area (Å²) in [6, 6.07) is 13.6. The number of nitrogens with zero attached hydrogens (tertiary/aromatic N) is 2. The van der Waals surface area contributed by atoms with E-state index in [1.807, 2.05) is 42.5 Å². The molecule has 6 heteroatoms. The second kappa shape index (κ2) is 7.36. The molecule has 0 spiro atoms. The van der Waals surface area contributed by atoms with Gasteiger partial charge in [0.05, 0.1) is 27.9 Å². The van der Waals surface area contributed by atoms with Crippen molar-refractivity contribution in [2.75, 3.05) is 39.3 Å². The van der Waals surface area contributed by atoms with E-state index < -0.39 is 5.72 Å². The molecule has 2 aromatic rings. The van der Waals surface area contributed by atoms with Crippen LogP contribution < -0.4 is 19.1 Å². The van der Waals surface area contributed by atoms with Gasteiger partial charge in [0.2, 0.25) is 0 Å². The number of hydrogen-bond acceptors (Lipinski definition) is 5. The molecule has 1 N–H and O–H groups in total. The van der Waals surface area contributed by atoms with Crippen LogP contribution in [-0.4, -0.2) is 49.9 Å². The van der Waals surface area contributed by atoms with Gasteiger partial charge in [0.15, 0.2) is 18.0 Å². The van der Waals surface area contributed by atoms with Crippen molar-refractivity contribution >= 4 is 11.5 Å². The first-order valence-electron chi connectivity index (χ1n) is 9.60. The van der Waals surface area contributed by atoms with Crippen LogP contribution >= 0.6 is 0 Å². The lowest BCUT2D eigenvalue weighted by Gasteiger charge is -2.25. The monoisotopic (exact) mass is 383 g/mol. The lowest BCUT2D eigenvalue weighted by molar-refractivity contribution is -0.661. The SMILES string of the molecule is COc1ccc(N2C[C@@](O)(c3ccc(OC)c(OC)c3)[N+]3=C2CCCC3)cc1. The summed E-state index contributed by atoms with van der Waals surface area (Å²) >= 11 is 0. The zero-order valence-electron chi connectivity index (χ0n) is 16.6. The molecule has 0 fully saturated rings. The topological polar surface area (TPSA) is 54.2 Å². The molecule has 2 heterocycles. The summed E-state index contributed by atoms with van der Waals surface area (Å²) in [5.41, 5.74) is 0.745. The van der Waals surface area contributed by atoms with E-state index >= 15 is 0 Å². The Morgan fingerprint density at radius 2 is 1.68 bits per heavy atom. The molecule has 0 saturated carbocycles. The molecule has 0 radical (unpaired) electrons. The summed E-state index contributed by atoms with van der Waals surface area (Å²) < 4.78 is 18.2. The average molecular weight is 383 g/mol. The van der Waals surface area contributed by atoms with Crippen molar-refractivity contribution in [3.05, 3.63) is 48.0 Å². The molecule has 6 nitrogen and oxygen atoms in total. The van der Waals surface area contributed by atoms with E-state index in [4.69, 9.17) is 14.2 Å². The van der Waals surface area contributed by atoms with Crippen LogP contribution in [0.15, 0.2) is 42.5 Å². The molecule has 1 atom stereocenters. The van der Waals surface area contributed by atoms with Gasteiger partial charge < -0.3 is 19.3 Å². The molecule has 2 aromatic carbocycles. The van der Waals surface area contributed by atoms with Crippen LogP contribution in [0.1, 0.15) is 24.8 Å². The lowest BCUT2D eigenvalue weighted by atomic mass is 10.0. The standard InChI is InChI=1S/C22H27N2O4/c1-26-18-10-8-17(9-11-18)23-15-22(25,24-13-5-4-6-21(23)24)16-7-12-19(27-2)20(14-16)28-3/h7-12,14,25H,4-6,13,15H2,1-3H3/q+1/t22-/m1/s1. The number of anilines is 1. The maximum Gasteiger partial charge on any atom is 0.271 e. The summed E-state index contributed by atoms with van der Waals surface area (Å²) in [5.74, 6) is 3.26. The first-order valence-corrected chi connectivity index (χ1v) is 9.60. The Morgan fingerprint density at radius 3 is 2.36 bits per heavy atom.